The molecular formula is C16H21NO6. The summed E-state index contributed by atoms with van der Waals surface area (Å²) in [5.41, 5.74) is 0.0507. The predicted molar refractivity (Wildman–Crippen MR) is 81.7 cm³/mol. The first-order valence-electron chi connectivity index (χ1n) is 7.06. The molecule has 0 aliphatic carbocycles. The average molecular weight is 323 g/mol. The van der Waals surface area contributed by atoms with E-state index in [2.05, 4.69) is 0 Å². The molecule has 0 fully saturated rings. The van der Waals surface area contributed by atoms with Gasteiger partial charge in [-0.25, -0.2) is 4.79 Å². The van der Waals surface area contributed by atoms with Gasteiger partial charge in [-0.15, -0.1) is 0 Å². The second-order valence-corrected chi connectivity index (χ2v) is 5.86. The number of aliphatic carboxylic acids is 1. The first kappa shape index (κ1) is 18.5. The highest BCUT2D eigenvalue weighted by atomic mass is 16.7. The van der Waals surface area contributed by atoms with E-state index in [1.807, 2.05) is 6.07 Å². The molecule has 0 saturated heterocycles. The Morgan fingerprint density at radius 1 is 1.09 bits per heavy atom. The Labute approximate surface area is 134 Å². The Morgan fingerprint density at radius 2 is 1.70 bits per heavy atom. The third-order valence-corrected chi connectivity index (χ3v) is 2.92. The summed E-state index contributed by atoms with van der Waals surface area (Å²) in [4.78, 5) is 35.4. The molecule has 1 aromatic rings. The Morgan fingerprint density at radius 3 is 2.22 bits per heavy atom. The van der Waals surface area contributed by atoms with Gasteiger partial charge in [-0.3, -0.25) is 14.5 Å². The van der Waals surface area contributed by atoms with E-state index >= 15 is 0 Å². The van der Waals surface area contributed by atoms with E-state index < -0.39 is 36.9 Å². The summed E-state index contributed by atoms with van der Waals surface area (Å²) in [6, 6.07) is 8.99. The summed E-state index contributed by atoms with van der Waals surface area (Å²) < 4.78 is 9.65. The SMILES string of the molecule is CC(C)(C)N(CC(=O)O)C(=O)OCOC(=O)Cc1ccccc1. The summed E-state index contributed by atoms with van der Waals surface area (Å²) in [6.07, 6.45) is -0.788. The number of rotatable bonds is 6. The minimum absolute atomic E-state index is 0.0660. The van der Waals surface area contributed by atoms with Gasteiger partial charge in [0, 0.05) is 5.54 Å². The largest absolute Gasteiger partial charge is 0.480 e. The number of carbonyl (C=O) groups is 3. The van der Waals surface area contributed by atoms with Gasteiger partial charge >= 0.3 is 18.0 Å². The van der Waals surface area contributed by atoms with Crippen molar-refractivity contribution in [1.29, 1.82) is 0 Å². The Kier molecular flexibility index (Phi) is 6.56. The summed E-state index contributed by atoms with van der Waals surface area (Å²) in [5, 5.41) is 8.84. The molecule has 23 heavy (non-hydrogen) atoms. The van der Waals surface area contributed by atoms with E-state index in [-0.39, 0.29) is 6.42 Å². The minimum Gasteiger partial charge on any atom is -0.480 e. The molecule has 0 aliphatic rings. The summed E-state index contributed by atoms with van der Waals surface area (Å²) in [7, 11) is 0. The van der Waals surface area contributed by atoms with Gasteiger partial charge < -0.3 is 14.6 Å². The number of amides is 1. The van der Waals surface area contributed by atoms with Crippen molar-refractivity contribution in [2.75, 3.05) is 13.3 Å². The molecule has 1 aromatic carbocycles. The fourth-order valence-electron chi connectivity index (χ4n) is 1.75. The van der Waals surface area contributed by atoms with Crippen molar-refractivity contribution in [2.24, 2.45) is 0 Å². The zero-order valence-electron chi connectivity index (χ0n) is 13.4. The van der Waals surface area contributed by atoms with Crippen LogP contribution in [0.3, 0.4) is 0 Å². The number of carboxylic acids is 1. The van der Waals surface area contributed by atoms with E-state index in [0.29, 0.717) is 0 Å². The molecule has 0 spiro atoms. The maximum Gasteiger partial charge on any atom is 0.413 e. The van der Waals surface area contributed by atoms with E-state index in [1.165, 1.54) is 0 Å². The molecule has 0 bridgehead atoms. The molecule has 0 aromatic heterocycles. The topological polar surface area (TPSA) is 93.1 Å². The average Bonchev–Trinajstić information content (AvgIpc) is 2.44. The van der Waals surface area contributed by atoms with Crippen molar-refractivity contribution < 1.29 is 29.0 Å². The van der Waals surface area contributed by atoms with Gasteiger partial charge in [0.15, 0.2) is 0 Å². The van der Waals surface area contributed by atoms with Crippen molar-refractivity contribution in [3.05, 3.63) is 35.9 Å². The van der Waals surface area contributed by atoms with Crippen LogP contribution >= 0.6 is 0 Å². The lowest BCUT2D eigenvalue weighted by Crippen LogP contribution is -2.48. The second kappa shape index (κ2) is 8.17. The molecule has 1 N–H and O–H groups in total. The van der Waals surface area contributed by atoms with Crippen LogP contribution in [0.4, 0.5) is 4.79 Å². The van der Waals surface area contributed by atoms with Crippen LogP contribution in [-0.4, -0.2) is 46.9 Å². The van der Waals surface area contributed by atoms with Gasteiger partial charge in [-0.1, -0.05) is 30.3 Å². The zero-order valence-corrected chi connectivity index (χ0v) is 13.4. The Balaban J connectivity index is 2.45. The van der Waals surface area contributed by atoms with Gasteiger partial charge in [0.25, 0.3) is 0 Å². The highest BCUT2D eigenvalue weighted by molar-refractivity contribution is 5.77. The molecule has 0 unspecified atom stereocenters. The zero-order chi connectivity index (χ0) is 17.5. The van der Waals surface area contributed by atoms with E-state index in [0.717, 1.165) is 10.5 Å². The first-order chi connectivity index (χ1) is 10.7. The lowest BCUT2D eigenvalue weighted by Gasteiger charge is -2.33. The van der Waals surface area contributed by atoms with Gasteiger partial charge in [-0.05, 0) is 26.3 Å². The number of benzene rings is 1. The van der Waals surface area contributed by atoms with Crippen LogP contribution in [0.15, 0.2) is 30.3 Å². The molecule has 7 heteroatoms. The van der Waals surface area contributed by atoms with Crippen molar-refractivity contribution in [1.82, 2.24) is 4.90 Å². The molecule has 0 aliphatic heterocycles. The van der Waals surface area contributed by atoms with Crippen LogP contribution in [0.25, 0.3) is 0 Å². The summed E-state index contributed by atoms with van der Waals surface area (Å²) >= 11 is 0. The monoisotopic (exact) mass is 323 g/mol. The third-order valence-electron chi connectivity index (χ3n) is 2.92. The van der Waals surface area contributed by atoms with Gasteiger partial charge in [0.05, 0.1) is 6.42 Å². The molecule has 0 atom stereocenters. The molecule has 7 nitrogen and oxygen atoms in total. The lowest BCUT2D eigenvalue weighted by molar-refractivity contribution is -0.152. The van der Waals surface area contributed by atoms with Gasteiger partial charge in [-0.2, -0.15) is 0 Å². The van der Waals surface area contributed by atoms with Crippen molar-refractivity contribution in [3.8, 4) is 0 Å². The number of esters is 1. The molecule has 1 rings (SSSR count). The normalized spacial score (nSPS) is 10.7. The van der Waals surface area contributed by atoms with Gasteiger partial charge in [0.2, 0.25) is 6.79 Å². The smallest absolute Gasteiger partial charge is 0.413 e. The van der Waals surface area contributed by atoms with Crippen molar-refractivity contribution in [3.63, 3.8) is 0 Å². The lowest BCUT2D eigenvalue weighted by atomic mass is 10.1. The highest BCUT2D eigenvalue weighted by Gasteiger charge is 2.29. The van der Waals surface area contributed by atoms with Crippen LogP contribution in [-0.2, 0) is 25.5 Å². The van der Waals surface area contributed by atoms with E-state index in [9.17, 15) is 14.4 Å². The number of ether oxygens (including phenoxy) is 2. The number of nitrogens with zero attached hydrogens (tertiary/aromatic N) is 1. The third kappa shape index (κ3) is 6.82. The number of carboxylic acid groups (broad SMARTS) is 1. The van der Waals surface area contributed by atoms with Gasteiger partial charge in [0.1, 0.15) is 6.54 Å². The quantitative estimate of drug-likeness (QED) is 0.636. The molecule has 0 saturated carbocycles. The standard InChI is InChI=1S/C16H21NO6/c1-16(2,3)17(10-13(18)19)15(21)23-11-22-14(20)9-12-7-5-4-6-8-12/h4-8H,9-11H2,1-3H3,(H,18,19). The van der Waals surface area contributed by atoms with Crippen molar-refractivity contribution in [2.45, 2.75) is 32.7 Å². The molecule has 126 valence electrons. The maximum atomic E-state index is 11.9. The highest BCUT2D eigenvalue weighted by Crippen LogP contribution is 2.14. The second-order valence-electron chi connectivity index (χ2n) is 5.86. The fraction of sp³-hybridized carbons (Fsp3) is 0.438. The Bertz CT molecular complexity index is 549. The maximum absolute atomic E-state index is 11.9. The van der Waals surface area contributed by atoms with Crippen molar-refractivity contribution >= 4 is 18.0 Å². The van der Waals surface area contributed by atoms with Crippen LogP contribution in [0, 0.1) is 0 Å². The Hall–Kier alpha value is -2.57. The molecular weight excluding hydrogens is 302 g/mol. The summed E-state index contributed by atoms with van der Waals surface area (Å²) in [6.45, 7) is 3.98. The van der Waals surface area contributed by atoms with Crippen LogP contribution in [0.2, 0.25) is 0 Å². The first-order valence-corrected chi connectivity index (χ1v) is 7.06. The number of carbonyl (C=O) groups excluding carboxylic acids is 2. The molecule has 1 amide bonds. The summed E-state index contributed by atoms with van der Waals surface area (Å²) in [5.74, 6) is -1.69. The predicted octanol–water partition coefficient (Wildman–Crippen LogP) is 2.05. The number of hydrogen-bond donors (Lipinski definition) is 1. The molecule has 0 radical (unpaired) electrons. The minimum atomic E-state index is -1.15. The number of hydrogen-bond acceptors (Lipinski definition) is 5. The van der Waals surface area contributed by atoms with E-state index in [4.69, 9.17) is 14.6 Å². The van der Waals surface area contributed by atoms with Crippen LogP contribution in [0.1, 0.15) is 26.3 Å². The van der Waals surface area contributed by atoms with Crippen LogP contribution < -0.4 is 0 Å². The molecule has 0 heterocycles. The fourth-order valence-corrected chi connectivity index (χ4v) is 1.75. The van der Waals surface area contributed by atoms with Crippen LogP contribution in [0.5, 0.6) is 0 Å². The van der Waals surface area contributed by atoms with E-state index in [1.54, 1.807) is 45.0 Å².